The van der Waals surface area contributed by atoms with E-state index in [1.807, 2.05) is 6.92 Å². The Morgan fingerprint density at radius 1 is 1.06 bits per heavy atom. The number of benzene rings is 2. The van der Waals surface area contributed by atoms with Gasteiger partial charge in [0.15, 0.2) is 36.2 Å². The Kier molecular flexibility index (Phi) is 8.28. The SMILES string of the molecule is COC1OCCN2C3CC(OC4CC(O)(C(=O)COC(C)(C)C)Cc5c(O)c6c(c(O)c54)C(=O)c4ccccc4C6=O)OC(C)C3OC12. The van der Waals surface area contributed by atoms with E-state index in [-0.39, 0.29) is 51.9 Å². The van der Waals surface area contributed by atoms with Gasteiger partial charge in [-0.25, -0.2) is 0 Å². The van der Waals surface area contributed by atoms with E-state index in [0.717, 1.165) is 0 Å². The van der Waals surface area contributed by atoms with Gasteiger partial charge >= 0.3 is 0 Å². The van der Waals surface area contributed by atoms with Crippen LogP contribution in [-0.2, 0) is 39.6 Å². The van der Waals surface area contributed by atoms with E-state index >= 15 is 0 Å². The van der Waals surface area contributed by atoms with Crippen LogP contribution >= 0.6 is 0 Å². The number of morpholine rings is 1. The van der Waals surface area contributed by atoms with Crippen LogP contribution in [0.3, 0.4) is 0 Å². The van der Waals surface area contributed by atoms with Crippen LogP contribution in [0.25, 0.3) is 0 Å². The second-order valence-corrected chi connectivity index (χ2v) is 14.2. The lowest BCUT2D eigenvalue weighted by molar-refractivity contribution is -0.256. The Balaban J connectivity index is 1.27. The van der Waals surface area contributed by atoms with E-state index in [4.69, 9.17) is 28.4 Å². The Bertz CT molecular complexity index is 1670. The molecule has 13 nitrogen and oxygen atoms in total. The minimum absolute atomic E-state index is 0.0192. The summed E-state index contributed by atoms with van der Waals surface area (Å²) in [6, 6.07) is 6.02. The number of aliphatic hydroxyl groups is 1. The molecule has 0 saturated carbocycles. The first-order valence-corrected chi connectivity index (χ1v) is 16.3. The molecule has 0 aromatic heterocycles. The van der Waals surface area contributed by atoms with Gasteiger partial charge in [0.05, 0.1) is 35.5 Å². The van der Waals surface area contributed by atoms with Crippen LogP contribution in [0.5, 0.6) is 11.5 Å². The monoisotopic (exact) mass is 667 g/mol. The van der Waals surface area contributed by atoms with Crippen molar-refractivity contribution in [2.75, 3.05) is 26.9 Å². The van der Waals surface area contributed by atoms with E-state index in [0.29, 0.717) is 19.6 Å². The van der Waals surface area contributed by atoms with E-state index in [1.54, 1.807) is 40.0 Å². The predicted molar refractivity (Wildman–Crippen MR) is 166 cm³/mol. The summed E-state index contributed by atoms with van der Waals surface area (Å²) >= 11 is 0. The molecule has 0 bridgehead atoms. The van der Waals surface area contributed by atoms with Crippen LogP contribution in [0.1, 0.15) is 89.6 Å². The lowest BCUT2D eigenvalue weighted by Gasteiger charge is -2.43. The molecule has 5 aliphatic rings. The normalized spacial score (nSPS) is 33.0. The molecular weight excluding hydrogens is 626 g/mol. The number of ether oxygens (including phenoxy) is 6. The van der Waals surface area contributed by atoms with Crippen LogP contribution in [0.2, 0.25) is 0 Å². The molecule has 2 aliphatic carbocycles. The highest BCUT2D eigenvalue weighted by atomic mass is 16.7. The van der Waals surface area contributed by atoms with E-state index < -0.39 is 84.1 Å². The summed E-state index contributed by atoms with van der Waals surface area (Å²) in [4.78, 5) is 43.2. The Hall–Kier alpha value is -3.27. The topological polar surface area (TPSA) is 171 Å². The fourth-order valence-electron chi connectivity index (χ4n) is 7.72. The van der Waals surface area contributed by atoms with Crippen molar-refractivity contribution in [1.82, 2.24) is 4.90 Å². The molecule has 0 amide bonds. The van der Waals surface area contributed by atoms with Crippen molar-refractivity contribution in [3.63, 3.8) is 0 Å². The summed E-state index contributed by atoms with van der Waals surface area (Å²) in [5.74, 6) is -3.09. The summed E-state index contributed by atoms with van der Waals surface area (Å²) < 4.78 is 36.0. The van der Waals surface area contributed by atoms with Gasteiger partial charge in [-0.05, 0) is 27.7 Å². The van der Waals surface area contributed by atoms with E-state index in [9.17, 15) is 29.7 Å². The maximum Gasteiger partial charge on any atom is 0.198 e. The zero-order chi connectivity index (χ0) is 34.3. The van der Waals surface area contributed by atoms with Gasteiger partial charge in [-0.1, -0.05) is 24.3 Å². The molecular formula is C35H41NO12. The number of nitrogens with zero attached hydrogens (tertiary/aromatic N) is 1. The number of rotatable bonds is 6. The zero-order valence-corrected chi connectivity index (χ0v) is 27.6. The van der Waals surface area contributed by atoms with Gasteiger partial charge in [0.25, 0.3) is 0 Å². The van der Waals surface area contributed by atoms with Crippen molar-refractivity contribution >= 4 is 17.3 Å². The fraction of sp³-hybridized carbons (Fsp3) is 0.571. The van der Waals surface area contributed by atoms with E-state index in [1.165, 1.54) is 12.1 Å². The van der Waals surface area contributed by atoms with E-state index in [2.05, 4.69) is 4.90 Å². The second-order valence-electron chi connectivity index (χ2n) is 14.2. The molecule has 0 radical (unpaired) electrons. The number of phenolic OH excluding ortho intramolecular Hbond substituents is 2. The van der Waals surface area contributed by atoms with Gasteiger partial charge in [-0.3, -0.25) is 19.3 Å². The molecule has 3 aliphatic heterocycles. The van der Waals surface area contributed by atoms with Gasteiger partial charge in [0.2, 0.25) is 0 Å². The number of carbonyl (C=O) groups excluding carboxylic acids is 3. The third-order valence-electron chi connectivity index (χ3n) is 10.0. The fourth-order valence-corrected chi connectivity index (χ4v) is 7.72. The van der Waals surface area contributed by atoms with Gasteiger partial charge in [0, 0.05) is 61.2 Å². The van der Waals surface area contributed by atoms with Crippen molar-refractivity contribution in [3.8, 4) is 11.5 Å². The lowest BCUT2D eigenvalue weighted by Crippen LogP contribution is -2.55. The van der Waals surface area contributed by atoms with Crippen LogP contribution < -0.4 is 0 Å². The minimum atomic E-state index is -2.11. The first-order chi connectivity index (χ1) is 22.7. The molecule has 3 saturated heterocycles. The predicted octanol–water partition coefficient (Wildman–Crippen LogP) is 2.53. The number of Topliss-reactive ketones (excluding diaryl/α,β-unsaturated/α-hetero) is 1. The molecule has 3 N–H and O–H groups in total. The molecule has 8 unspecified atom stereocenters. The van der Waals surface area contributed by atoms with Crippen LogP contribution in [-0.4, -0.2) is 113 Å². The average molecular weight is 668 g/mol. The molecule has 2 aromatic carbocycles. The second kappa shape index (κ2) is 12.0. The number of fused-ring (bicyclic) bond motifs is 6. The number of hydrogen-bond acceptors (Lipinski definition) is 13. The molecule has 3 heterocycles. The van der Waals surface area contributed by atoms with Crippen molar-refractivity contribution in [2.45, 2.75) is 101 Å². The minimum Gasteiger partial charge on any atom is -0.507 e. The summed E-state index contributed by atoms with van der Waals surface area (Å²) in [6.45, 7) is 7.79. The number of aromatic hydroxyl groups is 2. The van der Waals surface area contributed by atoms with Crippen molar-refractivity contribution in [2.24, 2.45) is 0 Å². The Labute approximate surface area is 277 Å². The first-order valence-electron chi connectivity index (χ1n) is 16.3. The molecule has 258 valence electrons. The highest BCUT2D eigenvalue weighted by Gasteiger charge is 2.55. The molecule has 48 heavy (non-hydrogen) atoms. The molecule has 7 rings (SSSR count). The maximum atomic E-state index is 13.7. The summed E-state index contributed by atoms with van der Waals surface area (Å²) in [5, 5.41) is 35.4. The van der Waals surface area contributed by atoms with Gasteiger partial charge in [-0.2, -0.15) is 0 Å². The molecule has 3 fully saturated rings. The molecule has 0 spiro atoms. The van der Waals surface area contributed by atoms with Crippen molar-refractivity contribution in [3.05, 3.63) is 57.6 Å². The molecule has 8 atom stereocenters. The first kappa shape index (κ1) is 33.2. The van der Waals surface area contributed by atoms with Gasteiger partial charge < -0.3 is 43.7 Å². The highest BCUT2D eigenvalue weighted by molar-refractivity contribution is 6.30. The molecule has 13 heteroatoms. The van der Waals surface area contributed by atoms with Crippen molar-refractivity contribution in [1.29, 1.82) is 0 Å². The van der Waals surface area contributed by atoms with Crippen LogP contribution in [0, 0.1) is 0 Å². The maximum absolute atomic E-state index is 13.7. The summed E-state index contributed by atoms with van der Waals surface area (Å²) in [7, 11) is 1.55. The Morgan fingerprint density at radius 2 is 1.73 bits per heavy atom. The number of carbonyl (C=O) groups is 3. The van der Waals surface area contributed by atoms with Crippen LogP contribution in [0.4, 0.5) is 0 Å². The lowest BCUT2D eigenvalue weighted by atomic mass is 9.72. The molecule has 2 aromatic rings. The quantitative estimate of drug-likeness (QED) is 0.328. The number of hydrogen-bond donors (Lipinski definition) is 3. The standard InChI is InChI=1S/C35H41NO12/c1-16-31-20(36-10-11-44-33(43-5)32(36)48-31)12-23(46-16)47-21-14-35(42,22(37)15-45-34(2,3)4)13-19-24(21)30(41)26-25(29(19)40)27(38)17-8-6-7-9-18(17)28(26)39/h6-9,16,20-21,23,31-33,40-42H,10-15H2,1-5H3. The zero-order valence-electron chi connectivity index (χ0n) is 27.6. The van der Waals surface area contributed by atoms with Crippen molar-refractivity contribution < 1.29 is 58.1 Å². The third kappa shape index (κ3) is 5.37. The van der Waals surface area contributed by atoms with Gasteiger partial charge in [-0.15, -0.1) is 0 Å². The summed E-state index contributed by atoms with van der Waals surface area (Å²) in [6.07, 6.45) is -4.34. The van der Waals surface area contributed by atoms with Gasteiger partial charge in [0.1, 0.15) is 29.8 Å². The number of phenols is 2. The Morgan fingerprint density at radius 3 is 2.38 bits per heavy atom. The largest absolute Gasteiger partial charge is 0.507 e. The smallest absolute Gasteiger partial charge is 0.198 e. The number of methoxy groups -OCH3 is 1. The number of ketones is 3. The average Bonchev–Trinajstić information content (AvgIpc) is 3.43. The highest BCUT2D eigenvalue weighted by Crippen LogP contribution is 2.52. The summed E-state index contributed by atoms with van der Waals surface area (Å²) in [5.41, 5.74) is -3.39. The third-order valence-corrected chi connectivity index (χ3v) is 10.0. The van der Waals surface area contributed by atoms with Crippen LogP contribution in [0.15, 0.2) is 24.3 Å².